The number of nitrogens with one attached hydrogen (secondary N) is 2. The van der Waals surface area contributed by atoms with Gasteiger partial charge in [0.25, 0.3) is 11.8 Å². The maximum absolute atomic E-state index is 12.3. The third-order valence-corrected chi connectivity index (χ3v) is 5.00. The molecule has 0 aliphatic carbocycles. The number of methoxy groups -OCH3 is 1. The second-order valence-electron chi connectivity index (χ2n) is 6.14. The predicted octanol–water partition coefficient (Wildman–Crippen LogP) is 0.378. The number of aromatic nitrogens is 1. The molecule has 3 N–H and O–H groups in total. The van der Waals surface area contributed by atoms with E-state index in [9.17, 15) is 19.2 Å². The summed E-state index contributed by atoms with van der Waals surface area (Å²) >= 11 is 1.23. The highest BCUT2D eigenvalue weighted by molar-refractivity contribution is 7.13. The number of piperazine rings is 1. The lowest BCUT2D eigenvalue weighted by molar-refractivity contribution is -0.137. The Balaban J connectivity index is 1.95. The Hall–Kier alpha value is -3.41. The number of esters is 1. The van der Waals surface area contributed by atoms with Crippen LogP contribution in [0.5, 0.6) is 0 Å². The van der Waals surface area contributed by atoms with E-state index in [1.54, 1.807) is 6.92 Å². The Morgan fingerprint density at radius 1 is 1.24 bits per heavy atom. The van der Waals surface area contributed by atoms with Gasteiger partial charge in [-0.15, -0.1) is 11.3 Å². The molecule has 156 valence electrons. The first-order valence-electron chi connectivity index (χ1n) is 8.42. The fourth-order valence-electron chi connectivity index (χ4n) is 2.57. The van der Waals surface area contributed by atoms with Crippen LogP contribution in [0.25, 0.3) is 0 Å². The predicted molar refractivity (Wildman–Crippen MR) is 104 cm³/mol. The largest absolute Gasteiger partial charge is 0.465 e. The van der Waals surface area contributed by atoms with Crippen LogP contribution in [-0.2, 0) is 14.3 Å². The molecule has 11 nitrogen and oxygen atoms in total. The van der Waals surface area contributed by atoms with Crippen molar-refractivity contribution in [3.8, 4) is 0 Å². The molecule has 29 heavy (non-hydrogen) atoms. The minimum absolute atomic E-state index is 0.0825. The van der Waals surface area contributed by atoms with Gasteiger partial charge in [-0.3, -0.25) is 9.59 Å². The molecule has 0 aromatic carbocycles. The molecule has 1 aromatic rings. The third-order valence-electron chi connectivity index (χ3n) is 4.10. The molecule has 0 spiro atoms. The van der Waals surface area contributed by atoms with E-state index < -0.39 is 23.9 Å². The molecule has 12 heteroatoms. The van der Waals surface area contributed by atoms with Gasteiger partial charge in [-0.2, -0.15) is 0 Å². The maximum Gasteiger partial charge on any atom is 0.407 e. The van der Waals surface area contributed by atoms with Gasteiger partial charge in [0.2, 0.25) is 0 Å². The summed E-state index contributed by atoms with van der Waals surface area (Å²) in [6.45, 7) is 9.84. The van der Waals surface area contributed by atoms with Gasteiger partial charge in [-0.1, -0.05) is 13.2 Å². The monoisotopic (exact) mass is 423 g/mol. The molecule has 1 aliphatic rings. The van der Waals surface area contributed by atoms with E-state index in [0.717, 1.165) is 7.11 Å². The van der Waals surface area contributed by atoms with Crippen molar-refractivity contribution in [2.75, 3.05) is 31.6 Å². The van der Waals surface area contributed by atoms with Crippen LogP contribution in [0.4, 0.5) is 9.93 Å². The Morgan fingerprint density at radius 3 is 2.52 bits per heavy atom. The van der Waals surface area contributed by atoms with E-state index in [4.69, 9.17) is 5.11 Å². The summed E-state index contributed by atoms with van der Waals surface area (Å²) in [5.74, 6) is -2.28. The van der Waals surface area contributed by atoms with E-state index in [-0.39, 0.29) is 23.1 Å². The number of amides is 3. The smallest absolute Gasteiger partial charge is 0.407 e. The third kappa shape index (κ3) is 5.31. The number of nitrogens with zero attached hydrogens (tertiary/aromatic N) is 3. The second kappa shape index (κ2) is 9.19. The van der Waals surface area contributed by atoms with Crippen molar-refractivity contribution in [1.82, 2.24) is 20.5 Å². The molecule has 2 rings (SSSR count). The van der Waals surface area contributed by atoms with E-state index >= 15 is 0 Å². The number of hydrogen-bond acceptors (Lipinski definition) is 8. The zero-order valence-electron chi connectivity index (χ0n) is 15.9. The van der Waals surface area contributed by atoms with E-state index in [1.807, 2.05) is 4.90 Å². The fraction of sp³-hybridized carbons (Fsp3) is 0.353. The van der Waals surface area contributed by atoms with Crippen LogP contribution in [0.1, 0.15) is 17.4 Å². The van der Waals surface area contributed by atoms with E-state index in [2.05, 4.69) is 33.5 Å². The molecule has 1 fully saturated rings. The summed E-state index contributed by atoms with van der Waals surface area (Å²) in [6.07, 6.45) is -0.969. The summed E-state index contributed by atoms with van der Waals surface area (Å²) in [5.41, 5.74) is -0.504. The average Bonchev–Trinajstić information content (AvgIpc) is 3.17. The number of anilines is 1. The first-order valence-corrected chi connectivity index (χ1v) is 9.30. The van der Waals surface area contributed by atoms with E-state index in [0.29, 0.717) is 24.8 Å². The highest BCUT2D eigenvalue weighted by Crippen LogP contribution is 2.23. The Bertz CT molecular complexity index is 866. The van der Waals surface area contributed by atoms with Crippen LogP contribution < -0.4 is 15.5 Å². The number of hydrogen-bond donors (Lipinski definition) is 3. The van der Waals surface area contributed by atoms with Gasteiger partial charge in [-0.05, 0) is 6.92 Å². The van der Waals surface area contributed by atoms with Crippen LogP contribution >= 0.6 is 11.3 Å². The zero-order valence-corrected chi connectivity index (χ0v) is 16.7. The summed E-state index contributed by atoms with van der Waals surface area (Å²) in [7, 11) is 1.14. The maximum atomic E-state index is 12.3. The Morgan fingerprint density at radius 2 is 1.93 bits per heavy atom. The van der Waals surface area contributed by atoms with Gasteiger partial charge in [0, 0.05) is 31.1 Å². The second-order valence-corrected chi connectivity index (χ2v) is 6.98. The van der Waals surface area contributed by atoms with Gasteiger partial charge >= 0.3 is 12.1 Å². The van der Waals surface area contributed by atoms with Gasteiger partial charge in [0.15, 0.2) is 5.13 Å². The van der Waals surface area contributed by atoms with Gasteiger partial charge < -0.3 is 30.3 Å². The Kier molecular flexibility index (Phi) is 6.93. The van der Waals surface area contributed by atoms with Crippen molar-refractivity contribution in [2.45, 2.75) is 13.0 Å². The quantitative estimate of drug-likeness (QED) is 0.440. The average molecular weight is 423 g/mol. The number of carbonyl (C=O) groups is 4. The molecular weight excluding hydrogens is 402 g/mol. The van der Waals surface area contributed by atoms with Crippen LogP contribution in [0.2, 0.25) is 0 Å². The molecule has 1 unspecified atom stereocenters. The number of thiazole rings is 1. The summed E-state index contributed by atoms with van der Waals surface area (Å²) in [6, 6.07) is -0.214. The van der Waals surface area contributed by atoms with Gasteiger partial charge in [0.05, 0.1) is 12.8 Å². The lowest BCUT2D eigenvalue weighted by Crippen LogP contribution is -2.53. The van der Waals surface area contributed by atoms with Gasteiger partial charge in [0.1, 0.15) is 11.4 Å². The molecule has 1 saturated heterocycles. The lowest BCUT2D eigenvalue weighted by atomic mass is 10.2. The van der Waals surface area contributed by atoms with Crippen molar-refractivity contribution in [3.63, 3.8) is 0 Å². The number of ether oxygens (including phenoxy) is 1. The minimum atomic E-state index is -0.969. The number of carboxylic acid groups (broad SMARTS) is 1. The van der Waals surface area contributed by atoms with E-state index in [1.165, 1.54) is 21.6 Å². The van der Waals surface area contributed by atoms with Gasteiger partial charge in [-0.25, -0.2) is 14.6 Å². The van der Waals surface area contributed by atoms with Crippen molar-refractivity contribution >= 4 is 40.3 Å². The van der Waals surface area contributed by atoms with Crippen LogP contribution in [0, 0.1) is 0 Å². The molecule has 0 bridgehead atoms. The van der Waals surface area contributed by atoms with Crippen molar-refractivity contribution in [1.29, 1.82) is 0 Å². The normalized spacial score (nSPS) is 16.0. The standard InChI is InChI=1S/C17H21N5O6S/c1-9-7-21(5-6-22(9)17(26)27)16-20-12(8-29-16)14(24)18-10(2)13(23)19-11(3)15(25)28-4/h8-9H,2-3,5-7H2,1,4H3,(H,18,24)(H,19,23)(H,26,27). The summed E-state index contributed by atoms with van der Waals surface area (Å²) in [5, 5.41) is 15.7. The molecule has 2 heterocycles. The summed E-state index contributed by atoms with van der Waals surface area (Å²) < 4.78 is 4.41. The van der Waals surface area contributed by atoms with Crippen LogP contribution in [0.15, 0.2) is 29.9 Å². The number of rotatable bonds is 6. The molecule has 0 radical (unpaired) electrons. The fourth-order valence-corrected chi connectivity index (χ4v) is 3.42. The molecular formula is C17H21N5O6S. The topological polar surface area (TPSA) is 141 Å². The first kappa shape index (κ1) is 21.9. The molecule has 0 saturated carbocycles. The highest BCUT2D eigenvalue weighted by atomic mass is 32.1. The SMILES string of the molecule is C=C(NC(=O)c1csc(N2CCN(C(=O)O)C(C)C2)n1)C(=O)NC(=C)C(=O)OC. The molecule has 1 aliphatic heterocycles. The lowest BCUT2D eigenvalue weighted by Gasteiger charge is -2.38. The Labute approximate surface area is 170 Å². The highest BCUT2D eigenvalue weighted by Gasteiger charge is 2.29. The first-order chi connectivity index (χ1) is 13.6. The van der Waals surface area contributed by atoms with Crippen molar-refractivity contribution in [2.24, 2.45) is 0 Å². The molecule has 3 amide bonds. The van der Waals surface area contributed by atoms with Crippen molar-refractivity contribution in [3.05, 3.63) is 35.6 Å². The van der Waals surface area contributed by atoms with Crippen LogP contribution in [0.3, 0.4) is 0 Å². The molecule has 1 atom stereocenters. The zero-order chi connectivity index (χ0) is 21.7. The number of carbonyl (C=O) groups excluding carboxylic acids is 3. The van der Waals surface area contributed by atoms with Crippen LogP contribution in [-0.4, -0.2) is 71.7 Å². The summed E-state index contributed by atoms with van der Waals surface area (Å²) in [4.78, 5) is 54.1. The van der Waals surface area contributed by atoms with Crippen molar-refractivity contribution < 1.29 is 29.0 Å². The minimum Gasteiger partial charge on any atom is -0.465 e. The molecule has 1 aromatic heterocycles.